The van der Waals surface area contributed by atoms with Gasteiger partial charge in [0, 0.05) is 12.8 Å². The Kier molecular flexibility index (Phi) is 33.9. The highest BCUT2D eigenvalue weighted by molar-refractivity contribution is 7.47. The van der Waals surface area contributed by atoms with E-state index in [-0.39, 0.29) is 12.8 Å². The van der Waals surface area contributed by atoms with E-state index >= 15 is 0 Å². The van der Waals surface area contributed by atoms with E-state index in [1.165, 1.54) is 19.3 Å². The van der Waals surface area contributed by atoms with Crippen molar-refractivity contribution in [3.63, 3.8) is 0 Å². The Morgan fingerprint density at radius 2 is 0.934 bits per heavy atom. The van der Waals surface area contributed by atoms with Crippen molar-refractivity contribution in [3.8, 4) is 0 Å². The van der Waals surface area contributed by atoms with Crippen molar-refractivity contribution in [2.24, 2.45) is 0 Å². The van der Waals surface area contributed by atoms with Gasteiger partial charge in [-0.15, -0.1) is 0 Å². The maximum absolute atomic E-state index is 12.8. The Morgan fingerprint density at radius 3 is 1.43 bits per heavy atom. The molecule has 14 heteroatoms. The van der Waals surface area contributed by atoms with Crippen LogP contribution >= 0.6 is 7.82 Å². The quantitative estimate of drug-likeness (QED) is 0.0151. The summed E-state index contributed by atoms with van der Waals surface area (Å²) in [6.45, 7) is 3.11. The fourth-order valence-electron chi connectivity index (χ4n) is 6.37. The third-order valence-electron chi connectivity index (χ3n) is 10.0. The number of allylic oxidation sites excluding steroid dienone is 12. The number of rotatable bonds is 36. The number of hydrogen-bond donors (Lipinski definition) is 6. The van der Waals surface area contributed by atoms with Gasteiger partial charge in [-0.3, -0.25) is 18.6 Å². The van der Waals surface area contributed by atoms with Gasteiger partial charge < -0.3 is 39.9 Å². The molecule has 0 saturated heterocycles. The van der Waals surface area contributed by atoms with Crippen LogP contribution in [-0.2, 0) is 32.7 Å². The van der Waals surface area contributed by atoms with E-state index in [0.717, 1.165) is 96.3 Å². The predicted octanol–water partition coefficient (Wildman–Crippen LogP) is 8.72. The summed E-state index contributed by atoms with van der Waals surface area (Å²) in [7, 11) is -5.13. The molecule has 0 spiro atoms. The molecular formula is C47H79O13P. The van der Waals surface area contributed by atoms with E-state index in [1.54, 1.807) is 0 Å². The van der Waals surface area contributed by atoms with Crippen LogP contribution in [0.2, 0.25) is 0 Å². The number of phosphoric acid groups is 1. The number of aliphatic hydroxyl groups excluding tert-OH is 5. The van der Waals surface area contributed by atoms with Crippen LogP contribution in [0, 0.1) is 0 Å². The van der Waals surface area contributed by atoms with Gasteiger partial charge >= 0.3 is 19.8 Å². The number of esters is 2. The Labute approximate surface area is 365 Å². The highest BCUT2D eigenvalue weighted by atomic mass is 31.2. The Balaban J connectivity index is 2.50. The molecule has 0 heterocycles. The maximum atomic E-state index is 12.8. The lowest BCUT2D eigenvalue weighted by molar-refractivity contribution is -0.220. The lowest BCUT2D eigenvalue weighted by Gasteiger charge is -2.41. The molecule has 350 valence electrons. The minimum Gasteiger partial charge on any atom is -0.462 e. The molecule has 1 rings (SSSR count). The second kappa shape index (κ2) is 36.7. The minimum atomic E-state index is -5.13. The number of aliphatic hydroxyl groups is 5. The highest BCUT2D eigenvalue weighted by Crippen LogP contribution is 2.47. The van der Waals surface area contributed by atoms with Crippen LogP contribution in [0.1, 0.15) is 155 Å². The second-order valence-electron chi connectivity index (χ2n) is 15.5. The zero-order valence-corrected chi connectivity index (χ0v) is 37.8. The Morgan fingerprint density at radius 1 is 0.525 bits per heavy atom. The van der Waals surface area contributed by atoms with Gasteiger partial charge in [0.2, 0.25) is 0 Å². The zero-order chi connectivity index (χ0) is 45.0. The largest absolute Gasteiger partial charge is 0.472 e. The van der Waals surface area contributed by atoms with E-state index in [2.05, 4.69) is 86.8 Å². The topological polar surface area (TPSA) is 210 Å². The molecule has 6 unspecified atom stereocenters. The molecule has 1 saturated carbocycles. The standard InChI is InChI=1S/C47H79O13P/c1-3-5-7-9-11-13-15-17-19-20-22-23-25-27-29-31-33-35-40(48)57-37-39(38-58-61(55,56)60-47-45(53)43(51)42(50)44(52)46(47)54)59-41(49)36-34-32-30-28-26-24-21-18-16-14-12-10-8-6-4-2/h6,8,11-14,17-19,21-23,39,42-47,50-54H,3-5,7,9-10,15-16,20,24-38H2,1-2H3,(H,55,56)/b8-6-,13-11-,14-12-,19-17-,21-18-,23-22-/t39-,42?,43-,44?,45?,46?,47?/m1/s1. The van der Waals surface area contributed by atoms with Crippen LogP contribution in [0.15, 0.2) is 72.9 Å². The van der Waals surface area contributed by atoms with E-state index in [0.29, 0.717) is 12.8 Å². The molecule has 0 aromatic rings. The van der Waals surface area contributed by atoms with Crippen molar-refractivity contribution in [1.82, 2.24) is 0 Å². The average molecular weight is 883 g/mol. The van der Waals surface area contributed by atoms with Gasteiger partial charge in [-0.1, -0.05) is 132 Å². The summed E-state index contributed by atoms with van der Waals surface area (Å²) in [4.78, 5) is 35.7. The van der Waals surface area contributed by atoms with Crippen LogP contribution in [0.4, 0.5) is 0 Å². The van der Waals surface area contributed by atoms with Crippen molar-refractivity contribution >= 4 is 19.8 Å². The van der Waals surface area contributed by atoms with Crippen molar-refractivity contribution in [2.45, 2.75) is 198 Å². The first-order valence-corrected chi connectivity index (χ1v) is 24.2. The SMILES string of the molecule is CC/C=C\C/C=C\C/C=C\CCCCCCCC(=O)O[C@H](COC(=O)CCCCCC/C=C\C/C=C\C/C=C\CCCCC)COP(=O)(O)OC1C(O)C(O)C(O)[C@@H](O)C1O. The summed E-state index contributed by atoms with van der Waals surface area (Å²) in [6, 6.07) is 0. The van der Waals surface area contributed by atoms with Gasteiger partial charge in [0.25, 0.3) is 0 Å². The molecule has 1 aliphatic carbocycles. The number of carbonyl (C=O) groups is 2. The molecule has 1 fully saturated rings. The van der Waals surface area contributed by atoms with Crippen LogP contribution in [0.5, 0.6) is 0 Å². The first-order valence-electron chi connectivity index (χ1n) is 22.7. The monoisotopic (exact) mass is 883 g/mol. The average Bonchev–Trinajstić information content (AvgIpc) is 3.24. The fourth-order valence-corrected chi connectivity index (χ4v) is 7.34. The summed E-state index contributed by atoms with van der Waals surface area (Å²) in [5.74, 6) is -1.15. The summed E-state index contributed by atoms with van der Waals surface area (Å²) < 4.78 is 33.5. The number of phosphoric ester groups is 1. The number of carbonyl (C=O) groups excluding carboxylic acids is 2. The minimum absolute atomic E-state index is 0.0682. The van der Waals surface area contributed by atoms with E-state index < -0.39 is 75.7 Å². The summed E-state index contributed by atoms with van der Waals surface area (Å²) >= 11 is 0. The molecule has 61 heavy (non-hydrogen) atoms. The molecule has 13 nitrogen and oxygen atoms in total. The lowest BCUT2D eigenvalue weighted by Crippen LogP contribution is -2.64. The summed E-state index contributed by atoms with van der Waals surface area (Å²) in [5, 5.41) is 50.1. The molecule has 0 bridgehead atoms. The fraction of sp³-hybridized carbons (Fsp3) is 0.702. The predicted molar refractivity (Wildman–Crippen MR) is 239 cm³/mol. The van der Waals surface area contributed by atoms with Gasteiger partial charge in [-0.2, -0.15) is 0 Å². The third kappa shape index (κ3) is 29.3. The van der Waals surface area contributed by atoms with Crippen molar-refractivity contribution < 1.29 is 63.1 Å². The number of ether oxygens (including phenoxy) is 2. The summed E-state index contributed by atoms with van der Waals surface area (Å²) in [6.07, 6.45) is 32.4. The molecule has 1 aliphatic rings. The number of hydrogen-bond acceptors (Lipinski definition) is 12. The molecule has 6 N–H and O–H groups in total. The van der Waals surface area contributed by atoms with Crippen LogP contribution in [0.25, 0.3) is 0 Å². The van der Waals surface area contributed by atoms with Crippen LogP contribution in [0.3, 0.4) is 0 Å². The van der Waals surface area contributed by atoms with Crippen molar-refractivity contribution in [1.29, 1.82) is 0 Å². The zero-order valence-electron chi connectivity index (χ0n) is 36.9. The van der Waals surface area contributed by atoms with E-state index in [1.807, 2.05) is 0 Å². The Hall–Kier alpha value is -2.71. The first kappa shape index (κ1) is 56.3. The number of unbranched alkanes of at least 4 members (excludes halogenated alkanes) is 12. The third-order valence-corrected chi connectivity index (χ3v) is 11.0. The van der Waals surface area contributed by atoms with Gasteiger partial charge in [0.1, 0.15) is 43.2 Å². The molecule has 0 aliphatic heterocycles. The molecule has 0 aromatic heterocycles. The Bertz CT molecular complexity index is 1340. The molecule has 8 atom stereocenters. The van der Waals surface area contributed by atoms with E-state index in [9.17, 15) is 44.6 Å². The lowest BCUT2D eigenvalue weighted by atomic mass is 9.85. The summed E-state index contributed by atoms with van der Waals surface area (Å²) in [5.41, 5.74) is 0. The smallest absolute Gasteiger partial charge is 0.462 e. The van der Waals surface area contributed by atoms with Gasteiger partial charge in [-0.25, -0.2) is 4.57 Å². The van der Waals surface area contributed by atoms with Crippen LogP contribution < -0.4 is 0 Å². The molecular weight excluding hydrogens is 803 g/mol. The highest BCUT2D eigenvalue weighted by Gasteiger charge is 2.51. The van der Waals surface area contributed by atoms with Gasteiger partial charge in [0.05, 0.1) is 6.61 Å². The second-order valence-corrected chi connectivity index (χ2v) is 16.9. The maximum Gasteiger partial charge on any atom is 0.472 e. The first-order chi connectivity index (χ1) is 29.4. The van der Waals surface area contributed by atoms with Crippen molar-refractivity contribution in [3.05, 3.63) is 72.9 Å². The van der Waals surface area contributed by atoms with Crippen molar-refractivity contribution in [2.75, 3.05) is 13.2 Å². The molecule has 0 radical (unpaired) electrons. The normalized spacial score (nSPS) is 22.7. The molecule has 0 aromatic carbocycles. The molecule has 0 amide bonds. The van der Waals surface area contributed by atoms with E-state index in [4.69, 9.17) is 18.5 Å². The van der Waals surface area contributed by atoms with Crippen LogP contribution in [-0.4, -0.2) is 98.3 Å². The van der Waals surface area contributed by atoms with Gasteiger partial charge in [0.15, 0.2) is 6.10 Å². The van der Waals surface area contributed by atoms with Gasteiger partial charge in [-0.05, 0) is 83.5 Å².